The summed E-state index contributed by atoms with van der Waals surface area (Å²) in [5.41, 5.74) is 3.07. The van der Waals surface area contributed by atoms with Gasteiger partial charge in [-0.25, -0.2) is 4.79 Å². The Morgan fingerprint density at radius 3 is 2.48 bits per heavy atom. The maximum Gasteiger partial charge on any atom is 0.345 e. The number of esters is 1. The molecule has 0 amide bonds. The van der Waals surface area contributed by atoms with Gasteiger partial charge in [0.25, 0.3) is 0 Å². The zero-order valence-electron chi connectivity index (χ0n) is 13.3. The standard InChI is InChI=1S/C19H17NO3/c1-12-8-9-16-14(10-12)11-15(13(2)20-16)19(21)23-18-7-5-4-6-17(18)22-3/h4-11H,1-3H3. The van der Waals surface area contributed by atoms with E-state index in [1.807, 2.05) is 37.3 Å². The highest BCUT2D eigenvalue weighted by Crippen LogP contribution is 2.27. The molecule has 1 heterocycles. The van der Waals surface area contributed by atoms with Crippen LogP contribution in [0, 0.1) is 13.8 Å². The molecule has 0 saturated heterocycles. The highest BCUT2D eigenvalue weighted by Gasteiger charge is 2.16. The molecule has 0 unspecified atom stereocenters. The molecule has 23 heavy (non-hydrogen) atoms. The maximum absolute atomic E-state index is 12.5. The van der Waals surface area contributed by atoms with Gasteiger partial charge in [0, 0.05) is 5.39 Å². The third kappa shape index (κ3) is 3.01. The number of aryl methyl sites for hydroxylation is 2. The summed E-state index contributed by atoms with van der Waals surface area (Å²) in [5, 5.41) is 0.919. The highest BCUT2D eigenvalue weighted by atomic mass is 16.6. The third-order valence-electron chi connectivity index (χ3n) is 3.65. The molecule has 0 bridgehead atoms. The van der Waals surface area contributed by atoms with E-state index in [0.717, 1.165) is 16.5 Å². The lowest BCUT2D eigenvalue weighted by molar-refractivity contribution is 0.0728. The first-order chi connectivity index (χ1) is 11.1. The van der Waals surface area contributed by atoms with E-state index in [0.29, 0.717) is 22.8 Å². The quantitative estimate of drug-likeness (QED) is 0.540. The van der Waals surface area contributed by atoms with Gasteiger partial charge in [0.15, 0.2) is 11.5 Å². The number of hydrogen-bond donors (Lipinski definition) is 0. The van der Waals surface area contributed by atoms with Crippen LogP contribution in [0.5, 0.6) is 11.5 Å². The minimum atomic E-state index is -0.442. The number of nitrogens with zero attached hydrogens (tertiary/aromatic N) is 1. The molecule has 4 nitrogen and oxygen atoms in total. The monoisotopic (exact) mass is 307 g/mol. The summed E-state index contributed by atoms with van der Waals surface area (Å²) in [4.78, 5) is 17.0. The van der Waals surface area contributed by atoms with Gasteiger partial charge >= 0.3 is 5.97 Å². The molecule has 0 spiro atoms. The summed E-state index contributed by atoms with van der Waals surface area (Å²) in [6.45, 7) is 3.81. The van der Waals surface area contributed by atoms with Crippen molar-refractivity contribution in [2.24, 2.45) is 0 Å². The summed E-state index contributed by atoms with van der Waals surface area (Å²) in [7, 11) is 1.54. The second-order valence-electron chi connectivity index (χ2n) is 5.36. The number of fused-ring (bicyclic) bond motifs is 1. The Hall–Kier alpha value is -2.88. The van der Waals surface area contributed by atoms with Crippen molar-refractivity contribution in [2.45, 2.75) is 13.8 Å². The van der Waals surface area contributed by atoms with Crippen molar-refractivity contribution < 1.29 is 14.3 Å². The number of para-hydroxylation sites is 2. The number of carbonyl (C=O) groups is 1. The van der Waals surface area contributed by atoms with Gasteiger partial charge in [0.05, 0.1) is 23.9 Å². The van der Waals surface area contributed by atoms with E-state index < -0.39 is 5.97 Å². The lowest BCUT2D eigenvalue weighted by Gasteiger charge is -2.10. The first-order valence-corrected chi connectivity index (χ1v) is 7.31. The van der Waals surface area contributed by atoms with Crippen LogP contribution in [0.15, 0.2) is 48.5 Å². The van der Waals surface area contributed by atoms with Crippen LogP contribution in [0.3, 0.4) is 0 Å². The molecule has 0 aliphatic rings. The van der Waals surface area contributed by atoms with Crippen LogP contribution in [-0.4, -0.2) is 18.1 Å². The molecule has 0 radical (unpaired) electrons. The van der Waals surface area contributed by atoms with E-state index >= 15 is 0 Å². The van der Waals surface area contributed by atoms with E-state index in [4.69, 9.17) is 9.47 Å². The number of methoxy groups -OCH3 is 1. The number of carbonyl (C=O) groups excluding carboxylic acids is 1. The van der Waals surface area contributed by atoms with Gasteiger partial charge in [-0.2, -0.15) is 0 Å². The molecule has 0 N–H and O–H groups in total. The van der Waals surface area contributed by atoms with Crippen LogP contribution in [0.1, 0.15) is 21.6 Å². The Bertz CT molecular complexity index is 887. The van der Waals surface area contributed by atoms with Gasteiger partial charge in [-0.1, -0.05) is 23.8 Å². The predicted molar refractivity (Wildman–Crippen MR) is 89.2 cm³/mol. The molecule has 0 saturated carbocycles. The molecule has 3 aromatic rings. The number of benzene rings is 2. The van der Waals surface area contributed by atoms with Crippen LogP contribution < -0.4 is 9.47 Å². The molecular weight excluding hydrogens is 290 g/mol. The predicted octanol–water partition coefficient (Wildman–Crippen LogP) is 4.08. The van der Waals surface area contributed by atoms with Crippen LogP contribution in [0.4, 0.5) is 0 Å². The van der Waals surface area contributed by atoms with Gasteiger partial charge in [-0.3, -0.25) is 4.98 Å². The number of hydrogen-bond acceptors (Lipinski definition) is 4. The van der Waals surface area contributed by atoms with Gasteiger partial charge in [0.1, 0.15) is 0 Å². The second-order valence-corrected chi connectivity index (χ2v) is 5.36. The fourth-order valence-corrected chi connectivity index (χ4v) is 2.46. The highest BCUT2D eigenvalue weighted by molar-refractivity contribution is 5.96. The summed E-state index contributed by atoms with van der Waals surface area (Å²) in [5.74, 6) is 0.467. The lowest BCUT2D eigenvalue weighted by atomic mass is 10.1. The normalized spacial score (nSPS) is 10.6. The number of rotatable bonds is 3. The molecule has 1 aromatic heterocycles. The fourth-order valence-electron chi connectivity index (χ4n) is 2.46. The number of aromatic nitrogens is 1. The van der Waals surface area contributed by atoms with Crippen molar-refractivity contribution in [2.75, 3.05) is 7.11 Å². The Morgan fingerprint density at radius 2 is 1.74 bits per heavy atom. The molecule has 116 valence electrons. The summed E-state index contributed by atoms with van der Waals surface area (Å²) in [6, 6.07) is 14.8. The van der Waals surface area contributed by atoms with Crippen molar-refractivity contribution in [1.29, 1.82) is 0 Å². The van der Waals surface area contributed by atoms with Crippen LogP contribution in [0.2, 0.25) is 0 Å². The summed E-state index contributed by atoms with van der Waals surface area (Å²) >= 11 is 0. The SMILES string of the molecule is COc1ccccc1OC(=O)c1cc2cc(C)ccc2nc1C. The van der Waals surface area contributed by atoms with Crippen LogP contribution >= 0.6 is 0 Å². The Morgan fingerprint density at radius 1 is 1.00 bits per heavy atom. The summed E-state index contributed by atoms with van der Waals surface area (Å²) < 4.78 is 10.7. The third-order valence-corrected chi connectivity index (χ3v) is 3.65. The molecule has 0 fully saturated rings. The largest absolute Gasteiger partial charge is 0.493 e. The topological polar surface area (TPSA) is 48.4 Å². The molecular formula is C19H17NO3. The maximum atomic E-state index is 12.5. The van der Waals surface area contributed by atoms with Crippen molar-refractivity contribution in [3.05, 3.63) is 65.4 Å². The van der Waals surface area contributed by atoms with E-state index in [9.17, 15) is 4.79 Å². The van der Waals surface area contributed by atoms with E-state index in [2.05, 4.69) is 4.98 Å². The van der Waals surface area contributed by atoms with Crippen molar-refractivity contribution in [3.8, 4) is 11.5 Å². The first-order valence-electron chi connectivity index (χ1n) is 7.31. The second kappa shape index (κ2) is 6.08. The number of ether oxygens (including phenoxy) is 2. The zero-order valence-corrected chi connectivity index (χ0v) is 13.3. The van der Waals surface area contributed by atoms with Gasteiger partial charge in [-0.15, -0.1) is 0 Å². The smallest absolute Gasteiger partial charge is 0.345 e. The molecule has 3 rings (SSSR count). The van der Waals surface area contributed by atoms with Crippen LogP contribution in [0.25, 0.3) is 10.9 Å². The molecule has 4 heteroatoms. The summed E-state index contributed by atoms with van der Waals surface area (Å²) in [6.07, 6.45) is 0. The van der Waals surface area contributed by atoms with Crippen molar-refractivity contribution in [1.82, 2.24) is 4.98 Å². The average Bonchev–Trinajstić information content (AvgIpc) is 2.55. The zero-order chi connectivity index (χ0) is 16.4. The van der Waals surface area contributed by atoms with Crippen molar-refractivity contribution in [3.63, 3.8) is 0 Å². The van der Waals surface area contributed by atoms with Gasteiger partial charge in [-0.05, 0) is 44.2 Å². The molecule has 0 atom stereocenters. The Kier molecular flexibility index (Phi) is 3.98. The van der Waals surface area contributed by atoms with Gasteiger partial charge in [0.2, 0.25) is 0 Å². The molecule has 2 aromatic carbocycles. The Balaban J connectivity index is 1.98. The van der Waals surface area contributed by atoms with E-state index in [-0.39, 0.29) is 0 Å². The minimum Gasteiger partial charge on any atom is -0.493 e. The Labute approximate surface area is 134 Å². The molecule has 0 aliphatic heterocycles. The van der Waals surface area contributed by atoms with Crippen molar-refractivity contribution >= 4 is 16.9 Å². The average molecular weight is 307 g/mol. The molecule has 0 aliphatic carbocycles. The first kappa shape index (κ1) is 15.0. The number of pyridine rings is 1. The van der Waals surface area contributed by atoms with E-state index in [1.54, 1.807) is 25.1 Å². The lowest BCUT2D eigenvalue weighted by Crippen LogP contribution is -2.12. The van der Waals surface area contributed by atoms with Crippen LogP contribution in [-0.2, 0) is 0 Å². The van der Waals surface area contributed by atoms with Gasteiger partial charge < -0.3 is 9.47 Å². The fraction of sp³-hybridized carbons (Fsp3) is 0.158. The van der Waals surface area contributed by atoms with E-state index in [1.165, 1.54) is 7.11 Å². The minimum absolute atomic E-state index is 0.392.